The molecule has 0 aliphatic rings. The quantitative estimate of drug-likeness (QED) is 0.598. The lowest BCUT2D eigenvalue weighted by Gasteiger charge is -2.02. The first-order valence-corrected chi connectivity index (χ1v) is 6.21. The molecule has 0 radical (unpaired) electrons. The van der Waals surface area contributed by atoms with Gasteiger partial charge in [-0.25, -0.2) is 4.98 Å². The molecule has 7 heteroatoms. The number of nitrogens with zero attached hydrogens (tertiary/aromatic N) is 1. The average Bonchev–Trinajstić information content (AvgIpc) is 2.63. The lowest BCUT2D eigenvalue weighted by molar-refractivity contribution is -0.120. The molecule has 0 aliphatic carbocycles. The van der Waals surface area contributed by atoms with Gasteiger partial charge in [-0.1, -0.05) is 0 Å². The molecule has 17 heavy (non-hydrogen) atoms. The molecule has 0 fully saturated rings. The number of nitrogens with two attached hydrogens (primary N) is 2. The molecular formula is C10H16N4O2S. The van der Waals surface area contributed by atoms with Crippen molar-refractivity contribution in [3.63, 3.8) is 0 Å². The van der Waals surface area contributed by atoms with Crippen LogP contribution in [0.15, 0.2) is 5.38 Å². The highest BCUT2D eigenvalue weighted by atomic mass is 32.1. The Morgan fingerprint density at radius 2 is 2.18 bits per heavy atom. The number of carbonyl (C=O) groups excluding carboxylic acids is 2. The minimum atomic E-state index is -0.311. The minimum Gasteiger partial charge on any atom is -0.375 e. The molecule has 2 amide bonds. The van der Waals surface area contributed by atoms with Crippen LogP contribution in [0.25, 0.3) is 0 Å². The fourth-order valence-corrected chi connectivity index (χ4v) is 1.85. The van der Waals surface area contributed by atoms with Crippen molar-refractivity contribution < 1.29 is 9.59 Å². The van der Waals surface area contributed by atoms with Crippen molar-refractivity contribution in [2.45, 2.75) is 25.7 Å². The summed E-state index contributed by atoms with van der Waals surface area (Å²) in [6.45, 7) is 0.547. The Hall–Kier alpha value is -1.63. The molecule has 6 nitrogen and oxygen atoms in total. The van der Waals surface area contributed by atoms with Gasteiger partial charge in [0.05, 0.1) is 12.1 Å². The second kappa shape index (κ2) is 6.85. The fourth-order valence-electron chi connectivity index (χ4n) is 1.28. The molecule has 1 heterocycles. The molecule has 0 unspecified atom stereocenters. The predicted octanol–water partition coefficient (Wildman–Crippen LogP) is 0.0396. The number of primary amides is 1. The second-order valence-electron chi connectivity index (χ2n) is 3.63. The largest absolute Gasteiger partial charge is 0.375 e. The van der Waals surface area contributed by atoms with Crippen LogP contribution >= 0.6 is 11.3 Å². The van der Waals surface area contributed by atoms with E-state index in [9.17, 15) is 9.59 Å². The number of nitrogens with one attached hydrogen (secondary N) is 1. The first-order chi connectivity index (χ1) is 8.08. The molecule has 0 aliphatic heterocycles. The lowest BCUT2D eigenvalue weighted by atomic mass is 10.2. The number of hydrogen-bond acceptors (Lipinski definition) is 5. The zero-order valence-electron chi connectivity index (χ0n) is 9.44. The standard InChI is InChI=1S/C10H16N4O2S/c11-8(15)3-1-2-4-13-9(16)5-7-6-17-10(12)14-7/h6H,1-5H2,(H2,11,15)(H2,12,14)(H,13,16). The van der Waals surface area contributed by atoms with E-state index in [0.717, 1.165) is 6.42 Å². The van der Waals surface area contributed by atoms with Crippen LogP contribution in [0.4, 0.5) is 5.13 Å². The third-order valence-corrected chi connectivity index (χ3v) is 2.81. The zero-order chi connectivity index (χ0) is 12.7. The molecule has 0 atom stereocenters. The Morgan fingerprint density at radius 3 is 2.76 bits per heavy atom. The highest BCUT2D eigenvalue weighted by molar-refractivity contribution is 7.13. The van der Waals surface area contributed by atoms with Gasteiger partial charge in [0.15, 0.2) is 5.13 Å². The van der Waals surface area contributed by atoms with Crippen LogP contribution in [0.1, 0.15) is 25.0 Å². The van der Waals surface area contributed by atoms with Crippen molar-refractivity contribution in [1.29, 1.82) is 0 Å². The summed E-state index contributed by atoms with van der Waals surface area (Å²) in [7, 11) is 0. The number of unbranched alkanes of at least 4 members (excludes halogenated alkanes) is 1. The maximum Gasteiger partial charge on any atom is 0.226 e. The van der Waals surface area contributed by atoms with E-state index < -0.39 is 0 Å². The van der Waals surface area contributed by atoms with Crippen molar-refractivity contribution in [3.8, 4) is 0 Å². The zero-order valence-corrected chi connectivity index (χ0v) is 10.3. The molecule has 0 aromatic carbocycles. The maximum atomic E-state index is 11.4. The average molecular weight is 256 g/mol. The van der Waals surface area contributed by atoms with E-state index in [4.69, 9.17) is 11.5 Å². The maximum absolute atomic E-state index is 11.4. The van der Waals surface area contributed by atoms with Gasteiger partial charge in [0, 0.05) is 18.3 Å². The van der Waals surface area contributed by atoms with Crippen LogP contribution in [0.2, 0.25) is 0 Å². The third-order valence-electron chi connectivity index (χ3n) is 2.08. The lowest BCUT2D eigenvalue weighted by Crippen LogP contribution is -2.26. The van der Waals surface area contributed by atoms with Crippen LogP contribution < -0.4 is 16.8 Å². The highest BCUT2D eigenvalue weighted by Gasteiger charge is 2.05. The number of rotatable bonds is 7. The van der Waals surface area contributed by atoms with Gasteiger partial charge in [-0.3, -0.25) is 9.59 Å². The van der Waals surface area contributed by atoms with Gasteiger partial charge in [0.25, 0.3) is 0 Å². The number of hydrogen-bond donors (Lipinski definition) is 3. The van der Waals surface area contributed by atoms with Crippen LogP contribution in [-0.2, 0) is 16.0 Å². The van der Waals surface area contributed by atoms with Gasteiger partial charge in [0.2, 0.25) is 11.8 Å². The van der Waals surface area contributed by atoms with E-state index >= 15 is 0 Å². The second-order valence-corrected chi connectivity index (χ2v) is 4.52. The molecule has 94 valence electrons. The number of amides is 2. The van der Waals surface area contributed by atoms with Crippen LogP contribution in [0.5, 0.6) is 0 Å². The van der Waals surface area contributed by atoms with Gasteiger partial charge in [-0.15, -0.1) is 11.3 Å². The summed E-state index contributed by atoms with van der Waals surface area (Å²) in [5.74, 6) is -0.399. The fraction of sp³-hybridized carbons (Fsp3) is 0.500. The van der Waals surface area contributed by atoms with Crippen LogP contribution in [0, 0.1) is 0 Å². The Labute approximate surface area is 103 Å². The van der Waals surface area contributed by atoms with Crippen molar-refractivity contribution in [1.82, 2.24) is 10.3 Å². The highest BCUT2D eigenvalue weighted by Crippen LogP contribution is 2.11. The topological polar surface area (TPSA) is 111 Å². The Bertz CT molecular complexity index is 391. The molecule has 0 bridgehead atoms. The Kier molecular flexibility index (Phi) is 5.41. The van der Waals surface area contributed by atoms with Gasteiger partial charge >= 0.3 is 0 Å². The SMILES string of the molecule is NC(=O)CCCCNC(=O)Cc1csc(N)n1. The molecule has 0 spiro atoms. The molecule has 1 rings (SSSR count). The molecule has 0 saturated heterocycles. The predicted molar refractivity (Wildman–Crippen MR) is 66.3 cm³/mol. The van der Waals surface area contributed by atoms with Crippen molar-refractivity contribution >= 4 is 28.3 Å². The molecule has 1 aromatic rings. The van der Waals surface area contributed by atoms with E-state index in [-0.39, 0.29) is 18.2 Å². The number of aromatic nitrogens is 1. The van der Waals surface area contributed by atoms with E-state index in [1.165, 1.54) is 11.3 Å². The summed E-state index contributed by atoms with van der Waals surface area (Å²) in [5, 5.41) is 4.98. The first-order valence-electron chi connectivity index (χ1n) is 5.33. The molecule has 0 saturated carbocycles. The van der Waals surface area contributed by atoms with E-state index in [1.54, 1.807) is 5.38 Å². The summed E-state index contributed by atoms with van der Waals surface area (Å²) < 4.78 is 0. The number of nitrogen functional groups attached to an aromatic ring is 1. The van der Waals surface area contributed by atoms with Gasteiger partial charge in [-0.2, -0.15) is 0 Å². The minimum absolute atomic E-state index is 0.0885. The molecular weight excluding hydrogens is 240 g/mol. The van der Waals surface area contributed by atoms with Crippen molar-refractivity contribution in [3.05, 3.63) is 11.1 Å². The third kappa shape index (κ3) is 5.86. The van der Waals surface area contributed by atoms with E-state index in [2.05, 4.69) is 10.3 Å². The number of anilines is 1. The number of carbonyl (C=O) groups is 2. The van der Waals surface area contributed by atoms with Crippen LogP contribution in [0.3, 0.4) is 0 Å². The summed E-state index contributed by atoms with van der Waals surface area (Å²) in [6, 6.07) is 0. The van der Waals surface area contributed by atoms with Crippen molar-refractivity contribution in [2.75, 3.05) is 12.3 Å². The number of thiazole rings is 1. The Balaban J connectivity index is 2.11. The van der Waals surface area contributed by atoms with E-state index in [1.807, 2.05) is 0 Å². The summed E-state index contributed by atoms with van der Waals surface area (Å²) in [4.78, 5) is 25.9. The monoisotopic (exact) mass is 256 g/mol. The molecule has 5 N–H and O–H groups in total. The Morgan fingerprint density at radius 1 is 1.41 bits per heavy atom. The normalized spacial score (nSPS) is 10.1. The summed E-state index contributed by atoms with van der Waals surface area (Å²) in [5.41, 5.74) is 11.1. The van der Waals surface area contributed by atoms with Gasteiger partial charge in [0.1, 0.15) is 0 Å². The summed E-state index contributed by atoms with van der Waals surface area (Å²) in [6.07, 6.45) is 2.04. The molecule has 1 aromatic heterocycles. The smallest absolute Gasteiger partial charge is 0.226 e. The van der Waals surface area contributed by atoms with Gasteiger partial charge < -0.3 is 16.8 Å². The first kappa shape index (κ1) is 13.4. The van der Waals surface area contributed by atoms with E-state index in [0.29, 0.717) is 30.2 Å². The van der Waals surface area contributed by atoms with Crippen LogP contribution in [-0.4, -0.2) is 23.3 Å². The summed E-state index contributed by atoms with van der Waals surface area (Å²) >= 11 is 1.32. The van der Waals surface area contributed by atoms with Crippen molar-refractivity contribution in [2.24, 2.45) is 5.73 Å². The van der Waals surface area contributed by atoms with Gasteiger partial charge in [-0.05, 0) is 12.8 Å².